The Labute approximate surface area is 117 Å². The van der Waals surface area contributed by atoms with Gasteiger partial charge in [-0.15, -0.1) is 0 Å². The van der Waals surface area contributed by atoms with E-state index in [1.165, 1.54) is 14.2 Å². The van der Waals surface area contributed by atoms with Crippen LogP contribution in [0.2, 0.25) is 0 Å². The van der Waals surface area contributed by atoms with Crippen LogP contribution >= 0.6 is 0 Å². The number of rotatable bonds is 5. The fourth-order valence-corrected chi connectivity index (χ4v) is 2.16. The Morgan fingerprint density at radius 1 is 1.40 bits per heavy atom. The standard InChI is InChI=1S/C14H19NO5/c1-15-7-9(8-15)20-13-10(12(16)14(17)19-3)5-4-6-11(13)18-2/h4-6,9,12,16H,7-8H2,1-3H3. The molecule has 1 heterocycles. The Morgan fingerprint density at radius 2 is 2.10 bits per heavy atom. The third-order valence-electron chi connectivity index (χ3n) is 3.26. The quantitative estimate of drug-likeness (QED) is 0.797. The highest BCUT2D eigenvalue weighted by Gasteiger charge is 2.30. The zero-order valence-electron chi connectivity index (χ0n) is 11.8. The van der Waals surface area contributed by atoms with E-state index in [-0.39, 0.29) is 6.10 Å². The monoisotopic (exact) mass is 281 g/mol. The molecule has 6 heteroatoms. The number of aliphatic hydroxyl groups is 1. The summed E-state index contributed by atoms with van der Waals surface area (Å²) in [5, 5.41) is 10.0. The molecule has 1 unspecified atom stereocenters. The van der Waals surface area contributed by atoms with Crippen molar-refractivity contribution in [3.05, 3.63) is 23.8 Å². The Bertz CT molecular complexity index is 484. The van der Waals surface area contributed by atoms with E-state index in [0.717, 1.165) is 13.1 Å². The topological polar surface area (TPSA) is 68.2 Å². The van der Waals surface area contributed by atoms with Crippen molar-refractivity contribution >= 4 is 5.97 Å². The van der Waals surface area contributed by atoms with E-state index in [4.69, 9.17) is 9.47 Å². The predicted molar refractivity (Wildman–Crippen MR) is 71.9 cm³/mol. The zero-order valence-corrected chi connectivity index (χ0v) is 11.8. The second kappa shape index (κ2) is 6.11. The van der Waals surface area contributed by atoms with Crippen molar-refractivity contribution in [1.29, 1.82) is 0 Å². The number of methoxy groups -OCH3 is 2. The molecule has 0 bridgehead atoms. The van der Waals surface area contributed by atoms with Crippen molar-refractivity contribution in [3.8, 4) is 11.5 Å². The minimum absolute atomic E-state index is 0.0277. The molecule has 6 nitrogen and oxygen atoms in total. The van der Waals surface area contributed by atoms with Crippen molar-refractivity contribution in [2.45, 2.75) is 12.2 Å². The number of hydrogen-bond donors (Lipinski definition) is 1. The van der Waals surface area contributed by atoms with Gasteiger partial charge in [0.25, 0.3) is 0 Å². The number of likely N-dealkylation sites (tertiary alicyclic amines) is 1. The van der Waals surface area contributed by atoms with Crippen molar-refractivity contribution in [1.82, 2.24) is 4.90 Å². The normalized spacial score (nSPS) is 17.2. The van der Waals surface area contributed by atoms with Gasteiger partial charge in [0, 0.05) is 18.7 Å². The molecule has 0 radical (unpaired) electrons. The maximum atomic E-state index is 11.5. The van der Waals surface area contributed by atoms with Gasteiger partial charge in [-0.25, -0.2) is 4.79 Å². The summed E-state index contributed by atoms with van der Waals surface area (Å²) in [7, 11) is 4.74. The second-order valence-electron chi connectivity index (χ2n) is 4.77. The van der Waals surface area contributed by atoms with E-state index in [0.29, 0.717) is 17.1 Å². The molecule has 1 aromatic carbocycles. The number of esters is 1. The van der Waals surface area contributed by atoms with Gasteiger partial charge in [0.05, 0.1) is 14.2 Å². The molecule has 0 aromatic heterocycles. The molecule has 0 amide bonds. The van der Waals surface area contributed by atoms with Crippen LogP contribution in [0.5, 0.6) is 11.5 Å². The summed E-state index contributed by atoms with van der Waals surface area (Å²) in [4.78, 5) is 13.6. The number of nitrogens with zero attached hydrogens (tertiary/aromatic N) is 1. The van der Waals surface area contributed by atoms with Crippen LogP contribution in [0, 0.1) is 0 Å². The fourth-order valence-electron chi connectivity index (χ4n) is 2.16. The largest absolute Gasteiger partial charge is 0.493 e. The van der Waals surface area contributed by atoms with Gasteiger partial charge < -0.3 is 19.3 Å². The zero-order chi connectivity index (χ0) is 14.7. The first-order valence-electron chi connectivity index (χ1n) is 6.34. The van der Waals surface area contributed by atoms with Crippen LogP contribution in [0.1, 0.15) is 11.7 Å². The summed E-state index contributed by atoms with van der Waals surface area (Å²) in [6.45, 7) is 1.59. The smallest absolute Gasteiger partial charge is 0.339 e. The van der Waals surface area contributed by atoms with Gasteiger partial charge in [-0.1, -0.05) is 12.1 Å². The Kier molecular flexibility index (Phi) is 4.46. The van der Waals surface area contributed by atoms with Crippen molar-refractivity contribution in [3.63, 3.8) is 0 Å². The predicted octanol–water partition coefficient (Wildman–Crippen LogP) is 0.594. The number of carbonyl (C=O) groups is 1. The molecule has 2 rings (SSSR count). The molecule has 1 aromatic rings. The molecular weight excluding hydrogens is 262 g/mol. The Balaban J connectivity index is 2.28. The number of para-hydroxylation sites is 1. The fraction of sp³-hybridized carbons (Fsp3) is 0.500. The molecule has 1 saturated heterocycles. The first-order chi connectivity index (χ1) is 9.56. The van der Waals surface area contributed by atoms with E-state index >= 15 is 0 Å². The van der Waals surface area contributed by atoms with Crippen LogP contribution in [0.3, 0.4) is 0 Å². The summed E-state index contributed by atoms with van der Waals surface area (Å²) in [6.07, 6.45) is -1.36. The van der Waals surface area contributed by atoms with Gasteiger partial charge >= 0.3 is 5.97 Å². The molecule has 1 aliphatic heterocycles. The lowest BCUT2D eigenvalue weighted by molar-refractivity contribution is -0.150. The number of carbonyl (C=O) groups excluding carboxylic acids is 1. The van der Waals surface area contributed by atoms with E-state index in [2.05, 4.69) is 9.64 Å². The maximum Gasteiger partial charge on any atom is 0.339 e. The Hall–Kier alpha value is -1.79. The van der Waals surface area contributed by atoms with Gasteiger partial charge in [-0.05, 0) is 13.1 Å². The van der Waals surface area contributed by atoms with Crippen LogP contribution in [-0.2, 0) is 9.53 Å². The minimum Gasteiger partial charge on any atom is -0.493 e. The highest BCUT2D eigenvalue weighted by Crippen LogP contribution is 2.36. The first-order valence-corrected chi connectivity index (χ1v) is 6.34. The minimum atomic E-state index is -1.39. The number of likely N-dealkylation sites (N-methyl/N-ethyl adjacent to an activating group) is 1. The average molecular weight is 281 g/mol. The summed E-state index contributed by atoms with van der Waals surface area (Å²) < 4.78 is 15.7. The van der Waals surface area contributed by atoms with E-state index < -0.39 is 12.1 Å². The summed E-state index contributed by atoms with van der Waals surface area (Å²) in [6, 6.07) is 5.05. The third kappa shape index (κ3) is 2.86. The molecular formula is C14H19NO5. The molecule has 0 saturated carbocycles. The molecule has 1 aliphatic rings. The van der Waals surface area contributed by atoms with Crippen LogP contribution in [0.25, 0.3) is 0 Å². The van der Waals surface area contributed by atoms with Gasteiger partial charge in [-0.3, -0.25) is 4.90 Å². The highest BCUT2D eigenvalue weighted by molar-refractivity contribution is 5.77. The third-order valence-corrected chi connectivity index (χ3v) is 3.26. The number of hydrogen-bond acceptors (Lipinski definition) is 6. The molecule has 1 fully saturated rings. The highest BCUT2D eigenvalue weighted by atomic mass is 16.5. The van der Waals surface area contributed by atoms with Crippen LogP contribution in [-0.4, -0.2) is 56.4 Å². The van der Waals surface area contributed by atoms with Crippen LogP contribution in [0.4, 0.5) is 0 Å². The van der Waals surface area contributed by atoms with Gasteiger partial charge in [0.1, 0.15) is 6.10 Å². The SMILES string of the molecule is COC(=O)C(O)c1cccc(OC)c1OC1CN(C)C1. The van der Waals surface area contributed by atoms with Gasteiger partial charge in [-0.2, -0.15) is 0 Å². The molecule has 0 spiro atoms. The lowest BCUT2D eigenvalue weighted by Gasteiger charge is -2.36. The van der Waals surface area contributed by atoms with Crippen molar-refractivity contribution in [2.75, 3.05) is 34.4 Å². The number of ether oxygens (including phenoxy) is 3. The number of aliphatic hydroxyl groups excluding tert-OH is 1. The van der Waals surface area contributed by atoms with E-state index in [1.54, 1.807) is 18.2 Å². The lowest BCUT2D eigenvalue weighted by atomic mass is 10.1. The van der Waals surface area contributed by atoms with Crippen LogP contribution < -0.4 is 9.47 Å². The van der Waals surface area contributed by atoms with Crippen molar-refractivity contribution < 1.29 is 24.1 Å². The number of benzene rings is 1. The summed E-state index contributed by atoms with van der Waals surface area (Å²) in [5.41, 5.74) is 0.353. The Morgan fingerprint density at radius 3 is 2.65 bits per heavy atom. The van der Waals surface area contributed by atoms with Gasteiger partial charge in [0.15, 0.2) is 17.6 Å². The van der Waals surface area contributed by atoms with Crippen molar-refractivity contribution in [2.24, 2.45) is 0 Å². The summed E-state index contributed by atoms with van der Waals surface area (Å²) >= 11 is 0. The molecule has 1 atom stereocenters. The molecule has 0 aliphatic carbocycles. The van der Waals surface area contributed by atoms with Gasteiger partial charge in [0.2, 0.25) is 0 Å². The summed E-state index contributed by atoms with van der Waals surface area (Å²) in [5.74, 6) is 0.153. The lowest BCUT2D eigenvalue weighted by Crippen LogP contribution is -2.51. The maximum absolute atomic E-state index is 11.5. The first kappa shape index (κ1) is 14.6. The van der Waals surface area contributed by atoms with E-state index in [1.807, 2.05) is 7.05 Å². The molecule has 20 heavy (non-hydrogen) atoms. The van der Waals surface area contributed by atoms with Crippen LogP contribution in [0.15, 0.2) is 18.2 Å². The second-order valence-corrected chi connectivity index (χ2v) is 4.77. The average Bonchev–Trinajstić information content (AvgIpc) is 2.44. The molecule has 110 valence electrons. The molecule has 1 N–H and O–H groups in total. The van der Waals surface area contributed by atoms with E-state index in [9.17, 15) is 9.90 Å².